The van der Waals surface area contributed by atoms with Crippen LogP contribution in [-0.4, -0.2) is 53.7 Å². The summed E-state index contributed by atoms with van der Waals surface area (Å²) in [6.45, 7) is 2.57. The zero-order valence-corrected chi connectivity index (χ0v) is 17.4. The number of likely N-dealkylation sites (tertiary alicyclic amines) is 1. The average Bonchev–Trinajstić information content (AvgIpc) is 3.04. The molecule has 0 saturated carbocycles. The summed E-state index contributed by atoms with van der Waals surface area (Å²) in [5.74, 6) is -1.54. The third-order valence-corrected chi connectivity index (χ3v) is 6.16. The molecule has 0 bridgehead atoms. The van der Waals surface area contributed by atoms with E-state index in [9.17, 15) is 14.4 Å². The molecule has 31 heavy (non-hydrogen) atoms. The van der Waals surface area contributed by atoms with Gasteiger partial charge in [0, 0.05) is 31.5 Å². The Morgan fingerprint density at radius 2 is 1.65 bits per heavy atom. The Morgan fingerprint density at radius 1 is 1.06 bits per heavy atom. The normalized spacial score (nSPS) is 16.1. The zero-order valence-electron chi connectivity index (χ0n) is 17.4. The molecule has 7 nitrogen and oxygen atoms in total. The number of alkyl carbamates (subject to hydrolysis) is 1. The van der Waals surface area contributed by atoms with Crippen LogP contribution in [0, 0.1) is 5.92 Å². The molecular formula is C24H26N2O5. The summed E-state index contributed by atoms with van der Waals surface area (Å²) >= 11 is 0. The van der Waals surface area contributed by atoms with Crippen LogP contribution in [0.5, 0.6) is 0 Å². The minimum absolute atomic E-state index is 0.0195. The van der Waals surface area contributed by atoms with E-state index in [2.05, 4.69) is 29.6 Å². The number of amides is 2. The molecule has 0 radical (unpaired) electrons. The number of rotatable bonds is 7. The number of aliphatic carboxylic acids is 1. The molecule has 2 aromatic rings. The van der Waals surface area contributed by atoms with Gasteiger partial charge in [-0.25, -0.2) is 4.79 Å². The number of hydrogen-bond donors (Lipinski definition) is 2. The largest absolute Gasteiger partial charge is 0.481 e. The molecule has 2 N–H and O–H groups in total. The van der Waals surface area contributed by atoms with Crippen molar-refractivity contribution in [3.8, 4) is 11.1 Å². The van der Waals surface area contributed by atoms with Crippen LogP contribution in [0.2, 0.25) is 0 Å². The Balaban J connectivity index is 1.32. The Bertz CT molecular complexity index is 953. The fourth-order valence-corrected chi connectivity index (χ4v) is 4.28. The Kier molecular flexibility index (Phi) is 5.93. The van der Waals surface area contributed by atoms with Crippen LogP contribution in [-0.2, 0) is 14.3 Å². The Labute approximate surface area is 181 Å². The lowest BCUT2D eigenvalue weighted by molar-refractivity contribution is -0.152. The van der Waals surface area contributed by atoms with E-state index in [1.54, 1.807) is 0 Å². The van der Waals surface area contributed by atoms with E-state index in [4.69, 9.17) is 9.84 Å². The van der Waals surface area contributed by atoms with E-state index in [1.807, 2.05) is 31.2 Å². The number of carboxylic acids is 1. The lowest BCUT2D eigenvalue weighted by atomic mass is 9.98. The molecule has 1 aliphatic heterocycles. The Morgan fingerprint density at radius 3 is 2.19 bits per heavy atom. The SMILES string of the molecule is CCC(CC(=O)N1CC(C(=O)O)C1)NC(=O)OCC1c2ccccc2-c2ccccc21. The lowest BCUT2D eigenvalue weighted by Gasteiger charge is -2.37. The quantitative estimate of drug-likeness (QED) is 0.714. The highest BCUT2D eigenvalue weighted by atomic mass is 16.5. The van der Waals surface area contributed by atoms with Gasteiger partial charge in [0.05, 0.1) is 5.92 Å². The van der Waals surface area contributed by atoms with Crippen LogP contribution >= 0.6 is 0 Å². The summed E-state index contributed by atoms with van der Waals surface area (Å²) in [7, 11) is 0. The van der Waals surface area contributed by atoms with E-state index < -0.39 is 18.0 Å². The fourth-order valence-electron chi connectivity index (χ4n) is 4.28. The number of carbonyl (C=O) groups is 3. The molecule has 1 heterocycles. The molecule has 1 aliphatic carbocycles. The molecule has 2 aromatic carbocycles. The minimum Gasteiger partial charge on any atom is -0.481 e. The number of nitrogens with one attached hydrogen (secondary N) is 1. The highest BCUT2D eigenvalue weighted by Crippen LogP contribution is 2.44. The molecule has 1 saturated heterocycles. The van der Waals surface area contributed by atoms with Crippen molar-refractivity contribution < 1.29 is 24.2 Å². The van der Waals surface area contributed by atoms with Crippen molar-refractivity contribution in [2.75, 3.05) is 19.7 Å². The van der Waals surface area contributed by atoms with Gasteiger partial charge < -0.3 is 20.1 Å². The van der Waals surface area contributed by atoms with Crippen LogP contribution in [0.1, 0.15) is 36.8 Å². The first-order valence-electron chi connectivity index (χ1n) is 10.6. The predicted octanol–water partition coefficient (Wildman–Crippen LogP) is 3.24. The van der Waals surface area contributed by atoms with Crippen LogP contribution in [0.4, 0.5) is 4.79 Å². The number of benzene rings is 2. The molecule has 0 aromatic heterocycles. The van der Waals surface area contributed by atoms with Gasteiger partial charge in [-0.1, -0.05) is 55.5 Å². The molecule has 1 atom stereocenters. The van der Waals surface area contributed by atoms with Gasteiger partial charge in [0.15, 0.2) is 0 Å². The summed E-state index contributed by atoms with van der Waals surface area (Å²) in [6, 6.07) is 15.9. The van der Waals surface area contributed by atoms with Crippen LogP contribution in [0.3, 0.4) is 0 Å². The average molecular weight is 422 g/mol. The van der Waals surface area contributed by atoms with Gasteiger partial charge in [-0.15, -0.1) is 0 Å². The molecule has 162 valence electrons. The molecule has 1 fully saturated rings. The molecule has 2 amide bonds. The first-order chi connectivity index (χ1) is 15.0. The number of fused-ring (bicyclic) bond motifs is 3. The number of carbonyl (C=O) groups excluding carboxylic acids is 2. The molecular weight excluding hydrogens is 396 g/mol. The topological polar surface area (TPSA) is 95.9 Å². The second-order valence-electron chi connectivity index (χ2n) is 8.11. The smallest absolute Gasteiger partial charge is 0.407 e. The lowest BCUT2D eigenvalue weighted by Crippen LogP contribution is -2.54. The second kappa shape index (κ2) is 8.79. The van der Waals surface area contributed by atoms with Crippen molar-refractivity contribution >= 4 is 18.0 Å². The van der Waals surface area contributed by atoms with Crippen molar-refractivity contribution in [3.05, 3.63) is 59.7 Å². The third kappa shape index (κ3) is 4.26. The minimum atomic E-state index is -0.882. The Hall–Kier alpha value is -3.35. The van der Waals surface area contributed by atoms with Gasteiger partial charge in [-0.05, 0) is 28.7 Å². The summed E-state index contributed by atoms with van der Waals surface area (Å²) in [6.07, 6.45) is 0.160. The number of ether oxygens (including phenoxy) is 1. The van der Waals surface area contributed by atoms with Crippen molar-refractivity contribution in [2.45, 2.75) is 31.7 Å². The maximum absolute atomic E-state index is 12.4. The first-order valence-corrected chi connectivity index (χ1v) is 10.6. The molecule has 7 heteroatoms. The van der Waals surface area contributed by atoms with E-state index in [1.165, 1.54) is 16.0 Å². The number of nitrogens with zero attached hydrogens (tertiary/aromatic N) is 1. The van der Waals surface area contributed by atoms with E-state index in [0.717, 1.165) is 11.1 Å². The van der Waals surface area contributed by atoms with Crippen molar-refractivity contribution in [1.82, 2.24) is 10.2 Å². The number of carboxylic acid groups (broad SMARTS) is 1. The number of hydrogen-bond acceptors (Lipinski definition) is 4. The zero-order chi connectivity index (χ0) is 22.0. The van der Waals surface area contributed by atoms with Gasteiger partial charge in [0.1, 0.15) is 6.61 Å². The van der Waals surface area contributed by atoms with Crippen LogP contribution in [0.25, 0.3) is 11.1 Å². The van der Waals surface area contributed by atoms with Crippen molar-refractivity contribution in [1.29, 1.82) is 0 Å². The fraction of sp³-hybridized carbons (Fsp3) is 0.375. The van der Waals surface area contributed by atoms with E-state index >= 15 is 0 Å². The summed E-state index contributed by atoms with van der Waals surface area (Å²) in [4.78, 5) is 37.2. The summed E-state index contributed by atoms with van der Waals surface area (Å²) in [5.41, 5.74) is 4.62. The van der Waals surface area contributed by atoms with Crippen LogP contribution in [0.15, 0.2) is 48.5 Å². The predicted molar refractivity (Wildman–Crippen MR) is 115 cm³/mol. The molecule has 0 spiro atoms. The molecule has 1 unspecified atom stereocenters. The van der Waals surface area contributed by atoms with Crippen molar-refractivity contribution in [3.63, 3.8) is 0 Å². The van der Waals surface area contributed by atoms with Gasteiger partial charge in [0.2, 0.25) is 5.91 Å². The molecule has 2 aliphatic rings. The van der Waals surface area contributed by atoms with E-state index in [0.29, 0.717) is 6.42 Å². The van der Waals surface area contributed by atoms with E-state index in [-0.39, 0.29) is 44.0 Å². The van der Waals surface area contributed by atoms with Gasteiger partial charge >= 0.3 is 12.1 Å². The second-order valence-corrected chi connectivity index (χ2v) is 8.11. The monoisotopic (exact) mass is 422 g/mol. The summed E-state index contributed by atoms with van der Waals surface area (Å²) < 4.78 is 5.55. The maximum Gasteiger partial charge on any atom is 0.407 e. The highest BCUT2D eigenvalue weighted by Gasteiger charge is 2.36. The summed E-state index contributed by atoms with van der Waals surface area (Å²) in [5, 5.41) is 11.7. The standard InChI is InChI=1S/C24H26N2O5/c1-2-16(11-22(27)26-12-15(13-26)23(28)29)25-24(30)31-14-21-19-9-5-3-7-17(19)18-8-4-6-10-20(18)21/h3-10,15-16,21H,2,11-14H2,1H3,(H,25,30)(H,28,29). The van der Waals surface area contributed by atoms with Gasteiger partial charge in [-0.3, -0.25) is 9.59 Å². The first kappa shape index (κ1) is 20.9. The van der Waals surface area contributed by atoms with Gasteiger partial charge in [-0.2, -0.15) is 0 Å². The maximum atomic E-state index is 12.4. The van der Waals surface area contributed by atoms with Gasteiger partial charge in [0.25, 0.3) is 0 Å². The van der Waals surface area contributed by atoms with Crippen LogP contribution < -0.4 is 5.32 Å². The molecule has 4 rings (SSSR count). The van der Waals surface area contributed by atoms with Crippen molar-refractivity contribution in [2.24, 2.45) is 5.92 Å². The highest BCUT2D eigenvalue weighted by molar-refractivity contribution is 5.82. The third-order valence-electron chi connectivity index (χ3n) is 6.16.